The molecule has 1 saturated carbocycles. The molecule has 3 rings (SSSR count). The Hall–Kier alpha value is -0.880. The molecule has 0 amide bonds. The van der Waals surface area contributed by atoms with Crippen LogP contribution in [0.2, 0.25) is 5.02 Å². The molecule has 0 saturated heterocycles. The topological polar surface area (TPSA) is 60.2 Å². The quantitative estimate of drug-likeness (QED) is 0.880. The normalized spacial score (nSPS) is 24.8. The molecule has 3 atom stereocenters. The summed E-state index contributed by atoms with van der Waals surface area (Å²) in [6.45, 7) is 0. The Labute approximate surface area is 137 Å². The first-order valence-electron chi connectivity index (χ1n) is 6.42. The summed E-state index contributed by atoms with van der Waals surface area (Å²) >= 11 is 9.17. The van der Waals surface area contributed by atoms with Crippen molar-refractivity contribution in [2.75, 3.05) is 0 Å². The first kappa shape index (κ1) is 15.0. The molecular weight excluding hydrogens is 374 g/mol. The summed E-state index contributed by atoms with van der Waals surface area (Å²) in [5.74, 6) is -0.154. The van der Waals surface area contributed by atoms with Crippen molar-refractivity contribution in [1.29, 1.82) is 0 Å². The van der Waals surface area contributed by atoms with Crippen molar-refractivity contribution < 1.29 is 8.42 Å². The van der Waals surface area contributed by atoms with E-state index >= 15 is 0 Å². The van der Waals surface area contributed by atoms with Gasteiger partial charge in [-0.15, -0.1) is 0 Å². The maximum atomic E-state index is 12.6. The number of benzene rings is 2. The van der Waals surface area contributed by atoms with Gasteiger partial charge in [0.2, 0.25) is 0 Å². The standard InChI is InChI=1S/C15H13BrClNO2S/c16-10-3-1-9(2-4-10)13-14(18)15(13)21(19,20)12-7-5-11(17)6-8-12/h1-8,13-15H,18H2/t13-,14-,15+/m1/s1. The Morgan fingerprint density at radius 1 is 1.00 bits per heavy atom. The van der Waals surface area contributed by atoms with Crippen molar-refractivity contribution >= 4 is 37.4 Å². The smallest absolute Gasteiger partial charge is 0.183 e. The van der Waals surface area contributed by atoms with E-state index in [4.69, 9.17) is 17.3 Å². The predicted molar refractivity (Wildman–Crippen MR) is 87.3 cm³/mol. The molecule has 2 aromatic rings. The van der Waals surface area contributed by atoms with Crippen LogP contribution in [0, 0.1) is 0 Å². The fourth-order valence-corrected chi connectivity index (χ4v) is 5.02. The zero-order chi connectivity index (χ0) is 15.2. The van der Waals surface area contributed by atoms with E-state index in [1.807, 2.05) is 24.3 Å². The monoisotopic (exact) mass is 385 g/mol. The minimum Gasteiger partial charge on any atom is -0.326 e. The third kappa shape index (κ3) is 2.75. The van der Waals surface area contributed by atoms with Gasteiger partial charge < -0.3 is 5.73 Å². The van der Waals surface area contributed by atoms with Crippen LogP contribution < -0.4 is 5.73 Å². The van der Waals surface area contributed by atoms with Gasteiger partial charge in [-0.25, -0.2) is 8.42 Å². The molecule has 0 aliphatic heterocycles. The lowest BCUT2D eigenvalue weighted by Crippen LogP contribution is -2.15. The first-order valence-corrected chi connectivity index (χ1v) is 9.13. The Bertz CT molecular complexity index is 759. The molecule has 6 heteroatoms. The molecule has 0 heterocycles. The summed E-state index contributed by atoms with van der Waals surface area (Å²) in [5.41, 5.74) is 6.97. The van der Waals surface area contributed by atoms with Gasteiger partial charge in [-0.1, -0.05) is 39.7 Å². The summed E-state index contributed by atoms with van der Waals surface area (Å²) in [6.07, 6.45) is 0. The highest BCUT2D eigenvalue weighted by molar-refractivity contribution is 9.10. The van der Waals surface area contributed by atoms with Crippen molar-refractivity contribution in [2.45, 2.75) is 22.1 Å². The number of nitrogens with two attached hydrogens (primary N) is 1. The second-order valence-electron chi connectivity index (χ2n) is 5.12. The van der Waals surface area contributed by atoms with Crippen LogP contribution in [0.4, 0.5) is 0 Å². The molecule has 1 aliphatic carbocycles. The van der Waals surface area contributed by atoms with Crippen LogP contribution in [-0.2, 0) is 9.84 Å². The molecule has 0 spiro atoms. The van der Waals surface area contributed by atoms with Crippen LogP contribution in [0.15, 0.2) is 57.9 Å². The highest BCUT2D eigenvalue weighted by Crippen LogP contribution is 2.47. The molecule has 0 unspecified atom stereocenters. The van der Waals surface area contributed by atoms with Gasteiger partial charge in [-0.3, -0.25) is 0 Å². The van der Waals surface area contributed by atoms with Crippen molar-refractivity contribution in [2.24, 2.45) is 5.73 Å². The molecule has 3 nitrogen and oxygen atoms in total. The SMILES string of the molecule is N[C@@H]1[C@@H](c2ccc(Br)cc2)[C@@H]1S(=O)(=O)c1ccc(Cl)cc1. The Morgan fingerprint density at radius 3 is 2.14 bits per heavy atom. The fraction of sp³-hybridized carbons (Fsp3) is 0.200. The van der Waals surface area contributed by atoms with Crippen molar-refractivity contribution in [3.8, 4) is 0 Å². The Kier molecular flexibility index (Phi) is 3.86. The van der Waals surface area contributed by atoms with E-state index in [1.54, 1.807) is 12.1 Å². The van der Waals surface area contributed by atoms with Gasteiger partial charge in [0.05, 0.1) is 10.1 Å². The van der Waals surface area contributed by atoms with Crippen molar-refractivity contribution in [3.05, 3.63) is 63.6 Å². The molecule has 2 aromatic carbocycles. The first-order chi connectivity index (χ1) is 9.91. The van der Waals surface area contributed by atoms with E-state index in [9.17, 15) is 8.42 Å². The van der Waals surface area contributed by atoms with Gasteiger partial charge in [0.1, 0.15) is 0 Å². The van der Waals surface area contributed by atoms with Crippen LogP contribution in [0.25, 0.3) is 0 Å². The zero-order valence-corrected chi connectivity index (χ0v) is 14.1. The second-order valence-corrected chi connectivity index (χ2v) is 8.58. The number of sulfone groups is 1. The van der Waals surface area contributed by atoms with Gasteiger partial charge in [-0.05, 0) is 42.0 Å². The lowest BCUT2D eigenvalue weighted by molar-refractivity contribution is 0.593. The van der Waals surface area contributed by atoms with E-state index in [0.29, 0.717) is 5.02 Å². The van der Waals surface area contributed by atoms with Gasteiger partial charge >= 0.3 is 0 Å². The number of hydrogen-bond donors (Lipinski definition) is 1. The van der Waals surface area contributed by atoms with Crippen LogP contribution in [-0.4, -0.2) is 19.7 Å². The predicted octanol–water partition coefficient (Wildman–Crippen LogP) is 3.37. The molecular formula is C15H13BrClNO2S. The molecule has 1 fully saturated rings. The van der Waals surface area contributed by atoms with Gasteiger partial charge in [-0.2, -0.15) is 0 Å². The van der Waals surface area contributed by atoms with E-state index in [1.165, 1.54) is 12.1 Å². The lowest BCUT2D eigenvalue weighted by Gasteiger charge is -2.04. The van der Waals surface area contributed by atoms with Crippen molar-refractivity contribution in [1.82, 2.24) is 0 Å². The second kappa shape index (κ2) is 5.39. The van der Waals surface area contributed by atoms with Crippen molar-refractivity contribution in [3.63, 3.8) is 0 Å². The summed E-state index contributed by atoms with van der Waals surface area (Å²) in [7, 11) is -3.43. The lowest BCUT2D eigenvalue weighted by atomic mass is 10.1. The van der Waals surface area contributed by atoms with Crippen LogP contribution >= 0.6 is 27.5 Å². The molecule has 1 aliphatic rings. The molecule has 0 aromatic heterocycles. The van der Waals surface area contributed by atoms with E-state index in [2.05, 4.69) is 15.9 Å². The minimum absolute atomic E-state index is 0.154. The van der Waals surface area contributed by atoms with E-state index in [0.717, 1.165) is 10.0 Å². The Morgan fingerprint density at radius 2 is 1.57 bits per heavy atom. The van der Waals surface area contributed by atoms with Gasteiger partial charge in [0.15, 0.2) is 9.84 Å². The number of rotatable bonds is 3. The number of hydrogen-bond acceptors (Lipinski definition) is 3. The van der Waals surface area contributed by atoms with E-state index in [-0.39, 0.29) is 16.9 Å². The van der Waals surface area contributed by atoms with Gasteiger partial charge in [0.25, 0.3) is 0 Å². The molecule has 21 heavy (non-hydrogen) atoms. The van der Waals surface area contributed by atoms with Crippen LogP contribution in [0.1, 0.15) is 11.5 Å². The van der Waals surface area contributed by atoms with Crippen LogP contribution in [0.5, 0.6) is 0 Å². The van der Waals surface area contributed by atoms with Crippen LogP contribution in [0.3, 0.4) is 0 Å². The summed E-state index contributed by atoms with van der Waals surface area (Å²) in [4.78, 5) is 0.270. The summed E-state index contributed by atoms with van der Waals surface area (Å²) < 4.78 is 26.2. The molecule has 110 valence electrons. The summed E-state index contributed by atoms with van der Waals surface area (Å²) in [6, 6.07) is 13.5. The highest BCUT2D eigenvalue weighted by Gasteiger charge is 2.57. The number of halogens is 2. The maximum Gasteiger partial charge on any atom is 0.183 e. The average Bonchev–Trinajstić information content (AvgIpc) is 3.12. The minimum atomic E-state index is -3.43. The highest BCUT2D eigenvalue weighted by atomic mass is 79.9. The average molecular weight is 387 g/mol. The zero-order valence-electron chi connectivity index (χ0n) is 10.9. The van der Waals surface area contributed by atoms with Gasteiger partial charge in [0, 0.05) is 21.5 Å². The summed E-state index contributed by atoms with van der Waals surface area (Å²) in [5, 5.41) is -0.0571. The molecule has 2 N–H and O–H groups in total. The molecule has 0 bridgehead atoms. The Balaban J connectivity index is 1.91. The third-order valence-corrected chi connectivity index (χ3v) is 6.80. The third-order valence-electron chi connectivity index (χ3n) is 3.76. The maximum absolute atomic E-state index is 12.6. The van der Waals surface area contributed by atoms with E-state index < -0.39 is 15.1 Å². The fourth-order valence-electron chi connectivity index (χ4n) is 2.58. The largest absolute Gasteiger partial charge is 0.326 e. The molecule has 0 radical (unpaired) electrons.